The number of pyridine rings is 1. The van der Waals surface area contributed by atoms with E-state index in [0.717, 1.165) is 42.3 Å². The normalized spacial score (nSPS) is 11.9. The van der Waals surface area contributed by atoms with E-state index in [1.807, 2.05) is 25.1 Å². The van der Waals surface area contributed by atoms with Gasteiger partial charge in [-0.2, -0.15) is 0 Å². The third-order valence-corrected chi connectivity index (χ3v) is 6.83. The van der Waals surface area contributed by atoms with Gasteiger partial charge in [-0.05, 0) is 37.3 Å². The van der Waals surface area contributed by atoms with Crippen molar-refractivity contribution in [1.29, 1.82) is 0 Å². The standard InChI is InChI=1S/C25H26N2O2S2/c1-5-29-23(28)15-21-24(31-25(2,3)4)18-14-17(11-12-20(18)26-21)30-22-13-10-16-8-6-7-9-19(16)27-22/h6-14,26H,5,15H2,1-4H3. The first-order valence-corrected chi connectivity index (χ1v) is 12.0. The highest BCUT2D eigenvalue weighted by Gasteiger charge is 2.21. The molecule has 31 heavy (non-hydrogen) atoms. The zero-order valence-electron chi connectivity index (χ0n) is 18.2. The number of thioether (sulfide) groups is 1. The van der Waals surface area contributed by atoms with Crippen molar-refractivity contribution in [3.63, 3.8) is 0 Å². The molecule has 0 aliphatic heterocycles. The number of nitrogens with one attached hydrogen (secondary N) is 1. The van der Waals surface area contributed by atoms with Gasteiger partial charge < -0.3 is 9.72 Å². The number of esters is 1. The Morgan fingerprint density at radius 1 is 1.10 bits per heavy atom. The summed E-state index contributed by atoms with van der Waals surface area (Å²) in [6.45, 7) is 8.77. The van der Waals surface area contributed by atoms with E-state index in [2.05, 4.69) is 62.2 Å². The van der Waals surface area contributed by atoms with Crippen LogP contribution in [0.1, 0.15) is 33.4 Å². The Bertz CT molecular complexity index is 1240. The summed E-state index contributed by atoms with van der Waals surface area (Å²) in [5.41, 5.74) is 2.94. The van der Waals surface area contributed by atoms with Crippen LogP contribution in [-0.2, 0) is 16.0 Å². The number of aromatic amines is 1. The molecular weight excluding hydrogens is 424 g/mol. The average Bonchev–Trinajstić information content (AvgIpc) is 3.03. The molecule has 0 spiro atoms. The zero-order valence-corrected chi connectivity index (χ0v) is 19.8. The largest absolute Gasteiger partial charge is 0.466 e. The molecule has 0 saturated carbocycles. The van der Waals surface area contributed by atoms with Gasteiger partial charge in [-0.25, -0.2) is 4.98 Å². The second-order valence-corrected chi connectivity index (χ2v) is 11.2. The van der Waals surface area contributed by atoms with E-state index in [4.69, 9.17) is 9.72 Å². The summed E-state index contributed by atoms with van der Waals surface area (Å²) in [7, 11) is 0. The molecule has 0 unspecified atom stereocenters. The summed E-state index contributed by atoms with van der Waals surface area (Å²) in [6.07, 6.45) is 0.246. The number of carbonyl (C=O) groups is 1. The molecular formula is C25H26N2O2S2. The maximum Gasteiger partial charge on any atom is 0.311 e. The lowest BCUT2D eigenvalue weighted by molar-refractivity contribution is -0.142. The number of benzene rings is 2. The summed E-state index contributed by atoms with van der Waals surface area (Å²) in [6, 6.07) is 18.7. The number of hydrogen-bond acceptors (Lipinski definition) is 5. The Morgan fingerprint density at radius 2 is 1.90 bits per heavy atom. The molecule has 4 nitrogen and oxygen atoms in total. The molecule has 4 aromatic rings. The van der Waals surface area contributed by atoms with Gasteiger partial charge >= 0.3 is 5.97 Å². The predicted molar refractivity (Wildman–Crippen MR) is 130 cm³/mol. The van der Waals surface area contributed by atoms with Gasteiger partial charge in [-0.3, -0.25) is 4.79 Å². The summed E-state index contributed by atoms with van der Waals surface area (Å²) in [5, 5.41) is 3.23. The number of carbonyl (C=O) groups excluding carboxylic acids is 1. The van der Waals surface area contributed by atoms with Crippen molar-refractivity contribution >= 4 is 51.3 Å². The van der Waals surface area contributed by atoms with Crippen molar-refractivity contribution in [3.8, 4) is 0 Å². The van der Waals surface area contributed by atoms with Gasteiger partial charge in [0.15, 0.2) is 0 Å². The number of H-pyrrole nitrogens is 1. The summed E-state index contributed by atoms with van der Waals surface area (Å²) >= 11 is 3.43. The minimum Gasteiger partial charge on any atom is -0.466 e. The highest BCUT2D eigenvalue weighted by molar-refractivity contribution is 8.01. The molecule has 160 valence electrons. The highest BCUT2D eigenvalue weighted by atomic mass is 32.2. The number of fused-ring (bicyclic) bond motifs is 2. The van der Waals surface area contributed by atoms with Gasteiger partial charge in [0.05, 0.1) is 18.5 Å². The average molecular weight is 451 g/mol. The monoisotopic (exact) mass is 450 g/mol. The van der Waals surface area contributed by atoms with Crippen LogP contribution in [0.4, 0.5) is 0 Å². The molecule has 0 bridgehead atoms. The minimum absolute atomic E-state index is 0.0155. The lowest BCUT2D eigenvalue weighted by Crippen LogP contribution is -2.11. The smallest absolute Gasteiger partial charge is 0.311 e. The van der Waals surface area contributed by atoms with E-state index in [0.29, 0.717) is 6.61 Å². The predicted octanol–water partition coefficient (Wildman–Crippen LogP) is 6.86. The first-order valence-electron chi connectivity index (χ1n) is 10.4. The second kappa shape index (κ2) is 8.97. The number of para-hydroxylation sites is 1. The van der Waals surface area contributed by atoms with Crippen LogP contribution in [0.2, 0.25) is 0 Å². The van der Waals surface area contributed by atoms with E-state index >= 15 is 0 Å². The topological polar surface area (TPSA) is 55.0 Å². The lowest BCUT2D eigenvalue weighted by atomic mass is 10.2. The fraction of sp³-hybridized carbons (Fsp3) is 0.280. The van der Waals surface area contributed by atoms with Crippen LogP contribution in [0.5, 0.6) is 0 Å². The molecule has 6 heteroatoms. The van der Waals surface area contributed by atoms with Gasteiger partial charge in [0.1, 0.15) is 5.03 Å². The second-order valence-electron chi connectivity index (χ2n) is 8.28. The van der Waals surface area contributed by atoms with Gasteiger partial charge in [-0.15, -0.1) is 11.8 Å². The van der Waals surface area contributed by atoms with Crippen LogP contribution >= 0.6 is 23.5 Å². The van der Waals surface area contributed by atoms with E-state index in [1.165, 1.54) is 0 Å². The van der Waals surface area contributed by atoms with Crippen molar-refractivity contribution in [2.75, 3.05) is 6.61 Å². The zero-order chi connectivity index (χ0) is 22.0. The van der Waals surface area contributed by atoms with E-state index < -0.39 is 0 Å². The Balaban J connectivity index is 1.70. The number of ether oxygens (including phenoxy) is 1. The first-order chi connectivity index (χ1) is 14.8. The van der Waals surface area contributed by atoms with Crippen molar-refractivity contribution in [2.45, 2.75) is 53.7 Å². The SMILES string of the molecule is CCOC(=O)Cc1[nH]c2ccc(Sc3ccc4ccccc4n3)cc2c1SC(C)(C)C. The van der Waals surface area contributed by atoms with Crippen LogP contribution < -0.4 is 0 Å². The quantitative estimate of drug-likeness (QED) is 0.257. The summed E-state index contributed by atoms with van der Waals surface area (Å²) < 4.78 is 5.20. The van der Waals surface area contributed by atoms with Crippen molar-refractivity contribution in [2.24, 2.45) is 0 Å². The van der Waals surface area contributed by atoms with Crippen LogP contribution in [0.3, 0.4) is 0 Å². The number of aromatic nitrogens is 2. The maximum atomic E-state index is 12.2. The third-order valence-electron chi connectivity index (χ3n) is 4.63. The van der Waals surface area contributed by atoms with Crippen molar-refractivity contribution in [3.05, 3.63) is 60.3 Å². The molecule has 0 atom stereocenters. The van der Waals surface area contributed by atoms with Crippen LogP contribution in [0.15, 0.2) is 69.4 Å². The fourth-order valence-electron chi connectivity index (χ4n) is 3.39. The Labute approximate surface area is 191 Å². The molecule has 4 rings (SSSR count). The molecule has 1 N–H and O–H groups in total. The van der Waals surface area contributed by atoms with Crippen LogP contribution in [0.25, 0.3) is 21.8 Å². The Hall–Kier alpha value is -2.44. The highest BCUT2D eigenvalue weighted by Crippen LogP contribution is 2.41. The van der Waals surface area contributed by atoms with Gasteiger partial charge in [0.2, 0.25) is 0 Å². The molecule has 2 aromatic heterocycles. The lowest BCUT2D eigenvalue weighted by Gasteiger charge is -2.18. The van der Waals surface area contributed by atoms with Gasteiger partial charge in [0, 0.05) is 36.5 Å². The van der Waals surface area contributed by atoms with E-state index in [1.54, 1.807) is 23.5 Å². The summed E-state index contributed by atoms with van der Waals surface area (Å²) in [5.74, 6) is -0.209. The van der Waals surface area contributed by atoms with Crippen molar-refractivity contribution in [1.82, 2.24) is 9.97 Å². The molecule has 0 saturated heterocycles. The van der Waals surface area contributed by atoms with Gasteiger partial charge in [-0.1, -0.05) is 56.8 Å². The van der Waals surface area contributed by atoms with Crippen LogP contribution in [-0.4, -0.2) is 27.3 Å². The van der Waals surface area contributed by atoms with Crippen molar-refractivity contribution < 1.29 is 9.53 Å². The molecule has 0 aliphatic rings. The Morgan fingerprint density at radius 3 is 2.68 bits per heavy atom. The molecule has 0 aliphatic carbocycles. The molecule has 2 aromatic carbocycles. The fourth-order valence-corrected chi connectivity index (χ4v) is 5.37. The molecule has 0 amide bonds. The van der Waals surface area contributed by atoms with Crippen LogP contribution in [0, 0.1) is 0 Å². The molecule has 0 fully saturated rings. The first kappa shape index (κ1) is 21.8. The molecule has 0 radical (unpaired) electrons. The maximum absolute atomic E-state index is 12.2. The number of hydrogen-bond donors (Lipinski definition) is 1. The van der Waals surface area contributed by atoms with E-state index in [-0.39, 0.29) is 17.1 Å². The Kier molecular flexibility index (Phi) is 6.30. The molecule has 2 heterocycles. The number of rotatable bonds is 6. The van der Waals surface area contributed by atoms with Gasteiger partial charge in [0.25, 0.3) is 0 Å². The third kappa shape index (κ3) is 5.25. The van der Waals surface area contributed by atoms with E-state index in [9.17, 15) is 4.79 Å². The minimum atomic E-state index is -0.209. The summed E-state index contributed by atoms with van der Waals surface area (Å²) in [4.78, 5) is 22.6. The number of nitrogens with zero attached hydrogens (tertiary/aromatic N) is 1.